The number of carbonyl (C=O) groups excluding carboxylic acids is 1. The number of anilines is 1. The number of hydrogen-bond donors (Lipinski definition) is 1. The summed E-state index contributed by atoms with van der Waals surface area (Å²) in [4.78, 5) is 12.5. The fraction of sp³-hybridized carbons (Fsp3) is 0.176. The Balaban J connectivity index is 1.72. The average molecular weight is 355 g/mol. The van der Waals surface area contributed by atoms with Gasteiger partial charge in [0.25, 0.3) is 0 Å². The van der Waals surface area contributed by atoms with E-state index in [-0.39, 0.29) is 5.91 Å². The van der Waals surface area contributed by atoms with E-state index in [4.69, 9.17) is 4.74 Å². The van der Waals surface area contributed by atoms with Gasteiger partial charge in [0.1, 0.15) is 5.75 Å². The number of carbonyl (C=O) groups is 1. The second-order valence-electron chi connectivity index (χ2n) is 5.16. The van der Waals surface area contributed by atoms with Crippen LogP contribution in [-0.2, 0) is 4.79 Å². The molecule has 1 N–H and O–H groups in total. The number of methoxy groups -OCH3 is 1. The van der Waals surface area contributed by atoms with Crippen molar-refractivity contribution >= 4 is 23.4 Å². The Labute approximate surface area is 149 Å². The van der Waals surface area contributed by atoms with E-state index >= 15 is 0 Å². The summed E-state index contributed by atoms with van der Waals surface area (Å²) in [6.45, 7) is 1.80. The molecule has 0 unspecified atom stereocenters. The Morgan fingerprint density at radius 1 is 1.16 bits per heavy atom. The minimum absolute atomic E-state index is 0.155. The quantitative estimate of drug-likeness (QED) is 0.685. The zero-order valence-corrected chi connectivity index (χ0v) is 14.6. The van der Waals surface area contributed by atoms with Crippen LogP contribution in [0.4, 0.5) is 5.69 Å². The molecule has 25 heavy (non-hydrogen) atoms. The summed E-state index contributed by atoms with van der Waals surface area (Å²) < 4.78 is 6.86. The van der Waals surface area contributed by atoms with Crippen molar-refractivity contribution < 1.29 is 9.53 Å². The lowest BCUT2D eigenvalue weighted by atomic mass is 10.3. The van der Waals surface area contributed by atoms with Crippen LogP contribution in [0.15, 0.2) is 59.8 Å². The second kappa shape index (κ2) is 7.80. The number of nitrogens with zero attached hydrogens (tertiary/aromatic N) is 4. The lowest BCUT2D eigenvalue weighted by molar-refractivity contribution is -0.115. The molecule has 1 heterocycles. The minimum atomic E-state index is -0.390. The van der Waals surface area contributed by atoms with Crippen LogP contribution in [0.3, 0.4) is 0 Å². The van der Waals surface area contributed by atoms with E-state index in [2.05, 4.69) is 20.8 Å². The Bertz CT molecular complexity index is 853. The van der Waals surface area contributed by atoms with E-state index in [1.807, 2.05) is 42.5 Å². The molecule has 0 aliphatic rings. The van der Waals surface area contributed by atoms with Crippen LogP contribution in [0.1, 0.15) is 6.92 Å². The summed E-state index contributed by atoms with van der Waals surface area (Å²) >= 11 is 1.29. The Kier molecular flexibility index (Phi) is 5.30. The first kappa shape index (κ1) is 17.0. The SMILES string of the molecule is COc1ccccc1NC(=O)[C@H](C)Sc1nnnn1-c1ccccc1. The number of rotatable bonds is 6. The maximum Gasteiger partial charge on any atom is 0.237 e. The molecule has 0 aliphatic carbocycles. The van der Waals surface area contributed by atoms with E-state index in [0.29, 0.717) is 16.6 Å². The number of benzene rings is 2. The first-order chi connectivity index (χ1) is 12.2. The van der Waals surface area contributed by atoms with Crippen molar-refractivity contribution in [3.63, 3.8) is 0 Å². The molecule has 0 bridgehead atoms. The van der Waals surface area contributed by atoms with Gasteiger partial charge in [-0.3, -0.25) is 4.79 Å². The maximum absolute atomic E-state index is 12.5. The topological polar surface area (TPSA) is 81.9 Å². The molecule has 128 valence electrons. The summed E-state index contributed by atoms with van der Waals surface area (Å²) in [6.07, 6.45) is 0. The van der Waals surface area contributed by atoms with Crippen LogP contribution in [-0.4, -0.2) is 38.5 Å². The van der Waals surface area contributed by atoms with Gasteiger partial charge in [0.15, 0.2) is 0 Å². The summed E-state index contributed by atoms with van der Waals surface area (Å²) in [5.74, 6) is 0.458. The molecule has 0 saturated carbocycles. The van der Waals surface area contributed by atoms with Gasteiger partial charge in [-0.25, -0.2) is 0 Å². The molecule has 3 rings (SSSR count). The zero-order chi connectivity index (χ0) is 17.6. The Hall–Kier alpha value is -2.87. The number of thioether (sulfide) groups is 1. The van der Waals surface area contributed by atoms with E-state index in [0.717, 1.165) is 5.69 Å². The molecule has 1 atom stereocenters. The Morgan fingerprint density at radius 3 is 2.64 bits per heavy atom. The number of amides is 1. The van der Waals surface area contributed by atoms with Crippen molar-refractivity contribution in [2.75, 3.05) is 12.4 Å². The number of tetrazole rings is 1. The Morgan fingerprint density at radius 2 is 1.88 bits per heavy atom. The zero-order valence-electron chi connectivity index (χ0n) is 13.8. The third-order valence-corrected chi connectivity index (χ3v) is 4.49. The minimum Gasteiger partial charge on any atom is -0.495 e. The first-order valence-corrected chi connectivity index (χ1v) is 8.51. The van der Waals surface area contributed by atoms with Gasteiger partial charge < -0.3 is 10.1 Å². The standard InChI is InChI=1S/C17H17N5O2S/c1-12(16(23)18-14-10-6-7-11-15(14)24-2)25-17-19-20-21-22(17)13-8-4-3-5-9-13/h3-12H,1-2H3,(H,18,23)/t12-/m0/s1. The van der Waals surface area contributed by atoms with Gasteiger partial charge in [-0.1, -0.05) is 42.1 Å². The van der Waals surface area contributed by atoms with Crippen molar-refractivity contribution in [1.82, 2.24) is 20.2 Å². The highest BCUT2D eigenvalue weighted by Crippen LogP contribution is 2.27. The number of nitrogens with one attached hydrogen (secondary N) is 1. The lowest BCUT2D eigenvalue weighted by Gasteiger charge is -2.13. The van der Waals surface area contributed by atoms with Crippen LogP contribution in [0.25, 0.3) is 5.69 Å². The summed E-state index contributed by atoms with van der Waals surface area (Å²) in [5.41, 5.74) is 1.47. The monoisotopic (exact) mass is 355 g/mol. The predicted octanol–water partition coefficient (Wildman–Crippen LogP) is 2.79. The van der Waals surface area contributed by atoms with Gasteiger partial charge in [0.05, 0.1) is 23.7 Å². The molecule has 7 nitrogen and oxygen atoms in total. The molecule has 3 aromatic rings. The van der Waals surface area contributed by atoms with Gasteiger partial charge >= 0.3 is 0 Å². The molecule has 2 aromatic carbocycles. The predicted molar refractivity (Wildman–Crippen MR) is 96.1 cm³/mol. The first-order valence-electron chi connectivity index (χ1n) is 7.63. The highest BCUT2D eigenvalue weighted by Gasteiger charge is 2.20. The molecular weight excluding hydrogens is 338 g/mol. The van der Waals surface area contributed by atoms with Crippen molar-refractivity contribution in [2.24, 2.45) is 0 Å². The van der Waals surface area contributed by atoms with Gasteiger partial charge in [-0.2, -0.15) is 4.68 Å². The number of hydrogen-bond acceptors (Lipinski definition) is 6. The number of para-hydroxylation sites is 3. The third-order valence-electron chi connectivity index (χ3n) is 3.46. The molecule has 8 heteroatoms. The van der Waals surface area contributed by atoms with Crippen molar-refractivity contribution in [3.05, 3.63) is 54.6 Å². The van der Waals surface area contributed by atoms with Crippen LogP contribution >= 0.6 is 11.8 Å². The van der Waals surface area contributed by atoms with E-state index < -0.39 is 5.25 Å². The highest BCUT2D eigenvalue weighted by atomic mass is 32.2. The summed E-state index contributed by atoms with van der Waals surface area (Å²) in [7, 11) is 1.57. The molecule has 0 aliphatic heterocycles. The van der Waals surface area contributed by atoms with E-state index in [1.165, 1.54) is 11.8 Å². The van der Waals surface area contributed by atoms with Crippen LogP contribution in [0.2, 0.25) is 0 Å². The molecule has 0 spiro atoms. The molecule has 0 saturated heterocycles. The van der Waals surface area contributed by atoms with Gasteiger partial charge in [0, 0.05) is 0 Å². The molecular formula is C17H17N5O2S. The van der Waals surface area contributed by atoms with Gasteiger partial charge in [-0.15, -0.1) is 5.10 Å². The maximum atomic E-state index is 12.5. The third kappa shape index (κ3) is 3.97. The normalized spacial score (nSPS) is 11.8. The fourth-order valence-electron chi connectivity index (χ4n) is 2.18. The molecule has 1 aromatic heterocycles. The smallest absolute Gasteiger partial charge is 0.237 e. The highest BCUT2D eigenvalue weighted by molar-refractivity contribution is 8.00. The van der Waals surface area contributed by atoms with Crippen LogP contribution < -0.4 is 10.1 Å². The van der Waals surface area contributed by atoms with E-state index in [9.17, 15) is 4.79 Å². The second-order valence-corrected chi connectivity index (χ2v) is 6.47. The van der Waals surface area contributed by atoms with Gasteiger partial charge in [-0.05, 0) is 41.6 Å². The van der Waals surface area contributed by atoms with Crippen molar-refractivity contribution in [3.8, 4) is 11.4 Å². The summed E-state index contributed by atoms with van der Waals surface area (Å²) in [6, 6.07) is 16.8. The molecule has 1 amide bonds. The van der Waals surface area contributed by atoms with Gasteiger partial charge in [0.2, 0.25) is 11.1 Å². The fourth-order valence-corrected chi connectivity index (χ4v) is 2.99. The molecule has 0 fully saturated rings. The number of aromatic nitrogens is 4. The summed E-state index contributed by atoms with van der Waals surface area (Å²) in [5, 5.41) is 14.8. The lowest BCUT2D eigenvalue weighted by Crippen LogP contribution is -2.23. The number of ether oxygens (including phenoxy) is 1. The van der Waals surface area contributed by atoms with Crippen molar-refractivity contribution in [1.29, 1.82) is 0 Å². The largest absolute Gasteiger partial charge is 0.495 e. The molecule has 0 radical (unpaired) electrons. The average Bonchev–Trinajstić information content (AvgIpc) is 3.11. The van der Waals surface area contributed by atoms with Crippen molar-refractivity contribution in [2.45, 2.75) is 17.3 Å². The van der Waals surface area contributed by atoms with Crippen LogP contribution in [0, 0.1) is 0 Å². The van der Waals surface area contributed by atoms with E-state index in [1.54, 1.807) is 30.8 Å². The van der Waals surface area contributed by atoms with Crippen LogP contribution in [0.5, 0.6) is 5.75 Å².